The van der Waals surface area contributed by atoms with E-state index in [2.05, 4.69) is 11.8 Å². The van der Waals surface area contributed by atoms with Gasteiger partial charge in [0.25, 0.3) is 0 Å². The minimum atomic E-state index is -1.46. The average Bonchev–Trinajstić information content (AvgIpc) is 2.02. The number of hydrogen-bond acceptors (Lipinski definition) is 4. The maximum Gasteiger partial charge on any atom is 0.217 e. The van der Waals surface area contributed by atoms with Crippen molar-refractivity contribution in [2.45, 2.75) is 26.1 Å². The second kappa shape index (κ2) is 13.0. The van der Waals surface area contributed by atoms with Crippen molar-refractivity contribution in [1.82, 2.24) is 0 Å². The summed E-state index contributed by atoms with van der Waals surface area (Å²) in [6.45, 7) is 1.93. The molecule has 0 aliphatic heterocycles. The summed E-state index contributed by atoms with van der Waals surface area (Å²) in [6, 6.07) is 0. The molecule has 0 unspecified atom stereocenters. The molecule has 0 aliphatic rings. The summed E-state index contributed by atoms with van der Waals surface area (Å²) < 4.78 is 0. The molecular formula is C8H16O4. The van der Waals surface area contributed by atoms with Crippen LogP contribution in [-0.4, -0.2) is 39.9 Å². The minimum Gasteiger partial charge on any atom is -0.396 e. The Morgan fingerprint density at radius 3 is 1.58 bits per heavy atom. The Bertz CT molecular complexity index is 119. The molecule has 0 aromatic heterocycles. The minimum absolute atomic E-state index is 0.195. The van der Waals surface area contributed by atoms with E-state index in [9.17, 15) is 0 Å². The van der Waals surface area contributed by atoms with Crippen LogP contribution in [0.1, 0.15) is 19.8 Å². The van der Waals surface area contributed by atoms with Crippen LogP contribution in [0.25, 0.3) is 0 Å². The molecule has 72 valence electrons. The second-order valence-corrected chi connectivity index (χ2v) is 1.92. The molecule has 4 N–H and O–H groups in total. The third-order valence-corrected chi connectivity index (χ3v) is 0.840. The normalized spacial score (nSPS) is 8.17. The number of hydrogen-bond donors (Lipinski definition) is 4. The van der Waals surface area contributed by atoms with Crippen molar-refractivity contribution < 1.29 is 20.4 Å². The van der Waals surface area contributed by atoms with E-state index in [0.29, 0.717) is 0 Å². The molecule has 0 amide bonds. The van der Waals surface area contributed by atoms with Crippen LogP contribution in [0.4, 0.5) is 0 Å². The molecule has 4 heteroatoms. The Balaban J connectivity index is 0. The fourth-order valence-corrected chi connectivity index (χ4v) is 0.353. The van der Waals surface area contributed by atoms with E-state index in [1.165, 1.54) is 0 Å². The molecule has 0 radical (unpaired) electrons. The summed E-state index contributed by atoms with van der Waals surface area (Å²) in [5.41, 5.74) is 0. The molecule has 0 aromatic rings. The molecule has 12 heavy (non-hydrogen) atoms. The van der Waals surface area contributed by atoms with Crippen LogP contribution in [0.5, 0.6) is 0 Å². The van der Waals surface area contributed by atoms with Crippen molar-refractivity contribution in [3.63, 3.8) is 0 Å². The van der Waals surface area contributed by atoms with Crippen LogP contribution in [0, 0.1) is 11.8 Å². The zero-order valence-electron chi connectivity index (χ0n) is 7.19. The summed E-state index contributed by atoms with van der Waals surface area (Å²) >= 11 is 0. The highest BCUT2D eigenvalue weighted by Crippen LogP contribution is 1.80. The lowest BCUT2D eigenvalue weighted by Gasteiger charge is -1.85. The van der Waals surface area contributed by atoms with Gasteiger partial charge in [0.15, 0.2) is 0 Å². The summed E-state index contributed by atoms with van der Waals surface area (Å²) in [4.78, 5) is 0. The van der Waals surface area contributed by atoms with E-state index in [4.69, 9.17) is 20.4 Å². The molecule has 0 aromatic carbocycles. The van der Waals surface area contributed by atoms with Gasteiger partial charge in [-0.2, -0.15) is 0 Å². The van der Waals surface area contributed by atoms with Crippen molar-refractivity contribution in [2.75, 3.05) is 13.2 Å². The number of aliphatic hydroxyl groups is 4. The van der Waals surface area contributed by atoms with E-state index in [0.717, 1.165) is 12.8 Å². The predicted molar refractivity (Wildman–Crippen MR) is 45.1 cm³/mol. The molecule has 0 saturated heterocycles. The van der Waals surface area contributed by atoms with Gasteiger partial charge < -0.3 is 20.4 Å². The largest absolute Gasteiger partial charge is 0.396 e. The first-order chi connectivity index (χ1) is 5.68. The van der Waals surface area contributed by atoms with Crippen molar-refractivity contribution in [1.29, 1.82) is 0 Å². The number of rotatable bonds is 3. The highest BCUT2D eigenvalue weighted by molar-refractivity contribution is 4.96. The molecular weight excluding hydrogens is 160 g/mol. The van der Waals surface area contributed by atoms with Gasteiger partial charge in [0.05, 0.1) is 0 Å². The third kappa shape index (κ3) is 22.7. The van der Waals surface area contributed by atoms with Gasteiger partial charge >= 0.3 is 0 Å². The van der Waals surface area contributed by atoms with Gasteiger partial charge in [0.2, 0.25) is 6.29 Å². The van der Waals surface area contributed by atoms with Gasteiger partial charge in [-0.05, 0) is 25.7 Å². The summed E-state index contributed by atoms with van der Waals surface area (Å²) in [5.74, 6) is 4.39. The first kappa shape index (κ1) is 14.0. The molecule has 0 atom stereocenters. The maximum absolute atomic E-state index is 8.09. The third-order valence-electron chi connectivity index (χ3n) is 0.840. The smallest absolute Gasteiger partial charge is 0.217 e. The van der Waals surface area contributed by atoms with Gasteiger partial charge in [-0.3, -0.25) is 0 Å². The van der Waals surface area contributed by atoms with E-state index < -0.39 is 6.29 Å². The van der Waals surface area contributed by atoms with E-state index in [1.807, 2.05) is 0 Å². The lowest BCUT2D eigenvalue weighted by Crippen LogP contribution is -1.97. The van der Waals surface area contributed by atoms with Crippen molar-refractivity contribution in [2.24, 2.45) is 0 Å². The van der Waals surface area contributed by atoms with E-state index in [1.54, 1.807) is 6.92 Å². The van der Waals surface area contributed by atoms with Gasteiger partial charge in [-0.25, -0.2) is 0 Å². The lowest BCUT2D eigenvalue weighted by molar-refractivity contribution is 0.0108. The van der Waals surface area contributed by atoms with Crippen LogP contribution in [0.15, 0.2) is 0 Å². The Morgan fingerprint density at radius 1 is 1.08 bits per heavy atom. The number of aliphatic hydroxyl groups excluding tert-OH is 3. The first-order valence-electron chi connectivity index (χ1n) is 3.69. The fraction of sp³-hybridized carbons (Fsp3) is 0.750. The highest BCUT2D eigenvalue weighted by atomic mass is 16.5. The summed E-state index contributed by atoms with van der Waals surface area (Å²) in [7, 11) is 0. The molecule has 4 nitrogen and oxygen atoms in total. The number of unbranched alkanes of at least 4 members (excludes halogenated alkanes) is 1. The average molecular weight is 176 g/mol. The first-order valence-corrected chi connectivity index (χ1v) is 3.69. The topological polar surface area (TPSA) is 80.9 Å². The molecule has 0 saturated carbocycles. The second-order valence-electron chi connectivity index (χ2n) is 1.92. The Kier molecular flexibility index (Phi) is 15.1. The summed E-state index contributed by atoms with van der Waals surface area (Å²) in [6.07, 6.45) is -0.0255. The van der Waals surface area contributed by atoms with E-state index in [-0.39, 0.29) is 13.2 Å². The van der Waals surface area contributed by atoms with Crippen molar-refractivity contribution in [3.8, 4) is 11.8 Å². The standard InChI is InChI=1S/C4H6O2.C4H10O2/c1-2-3-4(5)6;5-3-1-2-4-6/h4-6H,1H3;5-6H,1-4H2. The van der Waals surface area contributed by atoms with Gasteiger partial charge in [0, 0.05) is 13.2 Å². The molecule has 0 aliphatic carbocycles. The van der Waals surface area contributed by atoms with Crippen LogP contribution in [0.3, 0.4) is 0 Å². The predicted octanol–water partition coefficient (Wildman–Crippen LogP) is -0.928. The van der Waals surface area contributed by atoms with Crippen molar-refractivity contribution >= 4 is 0 Å². The molecule has 0 fully saturated rings. The van der Waals surface area contributed by atoms with Crippen LogP contribution < -0.4 is 0 Å². The highest BCUT2D eigenvalue weighted by Gasteiger charge is 1.79. The van der Waals surface area contributed by atoms with Gasteiger partial charge in [-0.1, -0.05) is 0 Å². The molecule has 0 rings (SSSR count). The van der Waals surface area contributed by atoms with Crippen LogP contribution in [-0.2, 0) is 0 Å². The Hall–Kier alpha value is -0.600. The maximum atomic E-state index is 8.09. The lowest BCUT2D eigenvalue weighted by atomic mass is 10.3. The zero-order valence-corrected chi connectivity index (χ0v) is 7.19. The van der Waals surface area contributed by atoms with Gasteiger partial charge in [0.1, 0.15) is 0 Å². The molecule has 0 bridgehead atoms. The quantitative estimate of drug-likeness (QED) is 0.254. The van der Waals surface area contributed by atoms with Crippen LogP contribution >= 0.6 is 0 Å². The van der Waals surface area contributed by atoms with Crippen molar-refractivity contribution in [3.05, 3.63) is 0 Å². The van der Waals surface area contributed by atoms with Crippen LogP contribution in [0.2, 0.25) is 0 Å². The molecule has 0 heterocycles. The van der Waals surface area contributed by atoms with Gasteiger partial charge in [-0.15, -0.1) is 5.92 Å². The summed E-state index contributed by atoms with van der Waals surface area (Å²) in [5, 5.41) is 32.0. The zero-order chi connectivity index (χ0) is 9.82. The monoisotopic (exact) mass is 176 g/mol. The van der Waals surface area contributed by atoms with E-state index >= 15 is 0 Å². The fourth-order valence-electron chi connectivity index (χ4n) is 0.353. The SMILES string of the molecule is CC#CC(O)O.OCCCCO. The Morgan fingerprint density at radius 2 is 1.50 bits per heavy atom. The Labute approximate surface area is 72.5 Å². The molecule has 0 spiro atoms.